The van der Waals surface area contributed by atoms with Crippen LogP contribution in [0.2, 0.25) is 0 Å². The van der Waals surface area contributed by atoms with Crippen molar-refractivity contribution in [1.29, 1.82) is 0 Å². The highest BCUT2D eigenvalue weighted by atomic mass is 16.7. The Balaban J connectivity index is 1.22. The Hall–Kier alpha value is -3.36. The topological polar surface area (TPSA) is 122 Å². The Labute approximate surface area is 166 Å². The molecule has 0 bridgehead atoms. The summed E-state index contributed by atoms with van der Waals surface area (Å²) in [4.78, 5) is 35.7. The Morgan fingerprint density at radius 3 is 2.62 bits per heavy atom. The number of aromatic amines is 1. The average molecular weight is 398 g/mol. The summed E-state index contributed by atoms with van der Waals surface area (Å²) in [6.07, 6.45) is 2.85. The third kappa shape index (κ3) is 4.56. The lowest BCUT2D eigenvalue weighted by molar-refractivity contribution is -0.126. The molecule has 1 aliphatic heterocycles. The Bertz CT molecular complexity index is 945. The van der Waals surface area contributed by atoms with Crippen molar-refractivity contribution in [2.75, 3.05) is 6.79 Å². The van der Waals surface area contributed by atoms with E-state index in [2.05, 4.69) is 20.8 Å². The maximum Gasteiger partial charge on any atom is 0.271 e. The third-order valence-electron chi connectivity index (χ3n) is 5.25. The second kappa shape index (κ2) is 8.34. The molecule has 2 heterocycles. The van der Waals surface area contributed by atoms with E-state index in [1.54, 1.807) is 0 Å². The Kier molecular flexibility index (Phi) is 5.46. The number of carbonyl (C=O) groups excluding carboxylic acids is 2. The lowest BCUT2D eigenvalue weighted by Gasteiger charge is -2.28. The number of ether oxygens (including phenoxy) is 2. The molecule has 1 aromatic heterocycles. The van der Waals surface area contributed by atoms with E-state index in [1.807, 2.05) is 18.2 Å². The summed E-state index contributed by atoms with van der Waals surface area (Å²) in [6.45, 7) is 0.660. The molecular weight excluding hydrogens is 376 g/mol. The molecule has 1 fully saturated rings. The molecule has 3 N–H and O–H groups in total. The number of rotatable bonds is 5. The zero-order valence-electron chi connectivity index (χ0n) is 15.8. The number of nitrogens with one attached hydrogen (secondary N) is 3. The monoisotopic (exact) mass is 398 g/mol. The smallest absolute Gasteiger partial charge is 0.271 e. The molecule has 1 aliphatic carbocycles. The number of nitrogens with zero attached hydrogens (tertiary/aromatic N) is 1. The number of carbonyl (C=O) groups is 2. The summed E-state index contributed by atoms with van der Waals surface area (Å²) in [7, 11) is 0. The largest absolute Gasteiger partial charge is 0.454 e. The molecule has 2 amide bonds. The van der Waals surface area contributed by atoms with Crippen LogP contribution in [0.15, 0.2) is 35.1 Å². The molecule has 1 saturated carbocycles. The standard InChI is InChI=1S/C20H22N4O5/c25-18-8-6-15(23-24-18)20(27)22-14-4-2-13(3-5-14)19(26)21-10-12-1-7-16-17(9-12)29-11-28-16/h1,6-9,13-14H,2-5,10-11H2,(H,21,26)(H,22,27)(H,24,25). The first-order valence-electron chi connectivity index (χ1n) is 9.61. The van der Waals surface area contributed by atoms with Crippen LogP contribution in [-0.2, 0) is 11.3 Å². The fraction of sp³-hybridized carbons (Fsp3) is 0.400. The second-order valence-electron chi connectivity index (χ2n) is 7.23. The van der Waals surface area contributed by atoms with Crippen molar-refractivity contribution < 1.29 is 19.1 Å². The normalized spacial score (nSPS) is 20.1. The van der Waals surface area contributed by atoms with Crippen molar-refractivity contribution >= 4 is 11.8 Å². The summed E-state index contributed by atoms with van der Waals surface area (Å²) in [5.41, 5.74) is 0.777. The van der Waals surface area contributed by atoms with E-state index in [1.165, 1.54) is 12.1 Å². The number of fused-ring (bicyclic) bond motifs is 1. The minimum atomic E-state index is -0.353. The van der Waals surface area contributed by atoms with Gasteiger partial charge in [-0.25, -0.2) is 5.10 Å². The van der Waals surface area contributed by atoms with Crippen LogP contribution in [0.3, 0.4) is 0 Å². The fourth-order valence-electron chi connectivity index (χ4n) is 3.61. The van der Waals surface area contributed by atoms with Gasteiger partial charge in [0.15, 0.2) is 11.5 Å². The van der Waals surface area contributed by atoms with Crippen molar-refractivity contribution in [1.82, 2.24) is 20.8 Å². The minimum Gasteiger partial charge on any atom is -0.454 e. The van der Waals surface area contributed by atoms with E-state index in [0.717, 1.165) is 24.2 Å². The molecule has 9 heteroatoms. The van der Waals surface area contributed by atoms with Crippen LogP contribution in [0.5, 0.6) is 11.5 Å². The van der Waals surface area contributed by atoms with E-state index in [9.17, 15) is 14.4 Å². The van der Waals surface area contributed by atoms with E-state index in [4.69, 9.17) is 9.47 Å². The molecule has 0 unspecified atom stereocenters. The summed E-state index contributed by atoms with van der Waals surface area (Å²) in [5.74, 6) is 1.05. The van der Waals surface area contributed by atoms with Crippen molar-refractivity contribution in [2.45, 2.75) is 38.3 Å². The molecule has 9 nitrogen and oxygen atoms in total. The highest BCUT2D eigenvalue weighted by molar-refractivity contribution is 5.92. The first-order chi connectivity index (χ1) is 14.1. The third-order valence-corrected chi connectivity index (χ3v) is 5.25. The Morgan fingerprint density at radius 2 is 1.86 bits per heavy atom. The molecule has 0 radical (unpaired) electrons. The lowest BCUT2D eigenvalue weighted by atomic mass is 9.85. The second-order valence-corrected chi connectivity index (χ2v) is 7.23. The van der Waals surface area contributed by atoms with Gasteiger partial charge in [0.2, 0.25) is 12.7 Å². The van der Waals surface area contributed by atoms with E-state index in [0.29, 0.717) is 25.1 Å². The zero-order valence-corrected chi connectivity index (χ0v) is 15.8. The van der Waals surface area contributed by atoms with Crippen LogP contribution in [0.4, 0.5) is 0 Å². The highest BCUT2D eigenvalue weighted by Crippen LogP contribution is 2.32. The molecule has 152 valence electrons. The average Bonchev–Trinajstić information content (AvgIpc) is 3.21. The maximum atomic E-state index is 12.5. The molecule has 0 spiro atoms. The number of amides is 2. The molecular formula is C20H22N4O5. The number of H-pyrrole nitrogens is 1. The van der Waals surface area contributed by atoms with Crippen molar-refractivity contribution in [3.8, 4) is 11.5 Å². The van der Waals surface area contributed by atoms with E-state index < -0.39 is 0 Å². The quantitative estimate of drug-likeness (QED) is 0.693. The number of hydrogen-bond acceptors (Lipinski definition) is 6. The van der Waals surface area contributed by atoms with Gasteiger partial charge in [-0.1, -0.05) is 6.07 Å². The summed E-state index contributed by atoms with van der Waals surface area (Å²) < 4.78 is 10.6. The summed E-state index contributed by atoms with van der Waals surface area (Å²) >= 11 is 0. The van der Waals surface area contributed by atoms with Crippen LogP contribution in [0.25, 0.3) is 0 Å². The molecule has 2 aliphatic rings. The number of hydrogen-bond donors (Lipinski definition) is 3. The van der Waals surface area contributed by atoms with Crippen molar-refractivity contribution in [3.63, 3.8) is 0 Å². The van der Waals surface area contributed by atoms with Crippen LogP contribution >= 0.6 is 0 Å². The molecule has 1 aromatic carbocycles. The van der Waals surface area contributed by atoms with Crippen LogP contribution in [0.1, 0.15) is 41.7 Å². The first kappa shape index (κ1) is 19.0. The van der Waals surface area contributed by atoms with Gasteiger partial charge >= 0.3 is 0 Å². The fourth-order valence-corrected chi connectivity index (χ4v) is 3.61. The SMILES string of the molecule is O=C(NC1CCC(C(=O)NCc2ccc3c(c2)OCO3)CC1)c1ccc(=O)[nH]n1. The zero-order chi connectivity index (χ0) is 20.2. The first-order valence-corrected chi connectivity index (χ1v) is 9.61. The predicted molar refractivity (Wildman–Crippen MR) is 102 cm³/mol. The van der Waals surface area contributed by atoms with E-state index in [-0.39, 0.29) is 41.8 Å². The van der Waals surface area contributed by atoms with Gasteiger partial charge in [-0.05, 0) is 49.4 Å². The number of aromatic nitrogens is 2. The molecule has 29 heavy (non-hydrogen) atoms. The van der Waals surface area contributed by atoms with Crippen molar-refractivity contribution in [3.05, 3.63) is 51.9 Å². The molecule has 4 rings (SSSR count). The lowest BCUT2D eigenvalue weighted by Crippen LogP contribution is -2.41. The summed E-state index contributed by atoms with van der Waals surface area (Å²) in [5, 5.41) is 11.9. The number of benzene rings is 1. The highest BCUT2D eigenvalue weighted by Gasteiger charge is 2.27. The predicted octanol–water partition coefficient (Wildman–Crippen LogP) is 1.10. The van der Waals surface area contributed by atoms with Gasteiger partial charge in [0, 0.05) is 24.6 Å². The van der Waals surface area contributed by atoms with Gasteiger partial charge in [0.1, 0.15) is 5.69 Å². The summed E-state index contributed by atoms with van der Waals surface area (Å²) in [6, 6.07) is 8.28. The van der Waals surface area contributed by atoms with Gasteiger partial charge in [0.05, 0.1) is 0 Å². The van der Waals surface area contributed by atoms with E-state index >= 15 is 0 Å². The van der Waals surface area contributed by atoms with Gasteiger partial charge in [-0.3, -0.25) is 14.4 Å². The van der Waals surface area contributed by atoms with Crippen LogP contribution in [0, 0.1) is 5.92 Å². The molecule has 0 saturated heterocycles. The van der Waals surface area contributed by atoms with Gasteiger partial charge < -0.3 is 20.1 Å². The maximum absolute atomic E-state index is 12.5. The Morgan fingerprint density at radius 1 is 1.07 bits per heavy atom. The van der Waals surface area contributed by atoms with Crippen LogP contribution in [-0.4, -0.2) is 34.8 Å². The van der Waals surface area contributed by atoms with Gasteiger partial charge in [-0.15, -0.1) is 0 Å². The van der Waals surface area contributed by atoms with Crippen molar-refractivity contribution in [2.24, 2.45) is 5.92 Å². The minimum absolute atomic E-state index is 0.00543. The molecule has 2 aromatic rings. The van der Waals surface area contributed by atoms with Crippen LogP contribution < -0.4 is 25.7 Å². The van der Waals surface area contributed by atoms with Gasteiger partial charge in [-0.2, -0.15) is 5.10 Å². The molecule has 0 atom stereocenters. The van der Waals surface area contributed by atoms with Gasteiger partial charge in [0.25, 0.3) is 11.5 Å².